The van der Waals surface area contributed by atoms with Crippen molar-refractivity contribution in [1.82, 2.24) is 9.55 Å². The van der Waals surface area contributed by atoms with Crippen LogP contribution >= 0.6 is 0 Å². The molecule has 1 amide bonds. The molecule has 4 aromatic rings. The zero-order valence-electron chi connectivity index (χ0n) is 20.5. The van der Waals surface area contributed by atoms with Crippen molar-refractivity contribution in [2.24, 2.45) is 5.92 Å². The van der Waals surface area contributed by atoms with Gasteiger partial charge in [0.1, 0.15) is 11.7 Å². The molecule has 0 aliphatic rings. The number of esters is 1. The van der Waals surface area contributed by atoms with Crippen LogP contribution in [0.4, 0.5) is 5.69 Å². The van der Waals surface area contributed by atoms with Crippen LogP contribution in [0, 0.1) is 12.8 Å². The quantitative estimate of drug-likeness (QED) is 0.251. The first-order valence-electron chi connectivity index (χ1n) is 12.0. The van der Waals surface area contributed by atoms with Crippen LogP contribution in [0.15, 0.2) is 78.9 Å². The Morgan fingerprint density at radius 3 is 2.40 bits per heavy atom. The number of rotatable bonds is 9. The van der Waals surface area contributed by atoms with Gasteiger partial charge in [0.05, 0.1) is 17.6 Å². The van der Waals surface area contributed by atoms with E-state index in [9.17, 15) is 9.59 Å². The van der Waals surface area contributed by atoms with Gasteiger partial charge in [-0.3, -0.25) is 9.59 Å². The zero-order chi connectivity index (χ0) is 24.8. The second-order valence-electron chi connectivity index (χ2n) is 8.48. The van der Waals surface area contributed by atoms with Crippen LogP contribution < -0.4 is 4.90 Å². The third-order valence-corrected chi connectivity index (χ3v) is 6.14. The van der Waals surface area contributed by atoms with Gasteiger partial charge in [-0.1, -0.05) is 54.6 Å². The van der Waals surface area contributed by atoms with Gasteiger partial charge in [-0.15, -0.1) is 0 Å². The molecule has 1 aromatic heterocycles. The van der Waals surface area contributed by atoms with Gasteiger partial charge in [-0.05, 0) is 62.6 Å². The van der Waals surface area contributed by atoms with Crippen LogP contribution in [0.5, 0.6) is 0 Å². The summed E-state index contributed by atoms with van der Waals surface area (Å²) in [6, 6.07) is 25.6. The number of aromatic nitrogens is 2. The molecule has 0 saturated heterocycles. The molecular formula is C29H31N3O3. The van der Waals surface area contributed by atoms with Crippen LogP contribution in [0.25, 0.3) is 11.0 Å². The number of para-hydroxylation sites is 3. The van der Waals surface area contributed by atoms with Crippen molar-refractivity contribution in [2.75, 3.05) is 18.1 Å². The first kappa shape index (κ1) is 24.2. The van der Waals surface area contributed by atoms with Crippen LogP contribution in [0.2, 0.25) is 0 Å². The number of anilines is 1. The highest BCUT2D eigenvalue weighted by atomic mass is 16.5. The highest BCUT2D eigenvalue weighted by molar-refractivity contribution is 6.06. The van der Waals surface area contributed by atoms with Crippen molar-refractivity contribution in [3.05, 3.63) is 95.8 Å². The third-order valence-electron chi connectivity index (χ3n) is 6.14. The molecular weight excluding hydrogens is 438 g/mol. The lowest BCUT2D eigenvalue weighted by molar-refractivity contribution is -0.151. The Hall–Kier alpha value is -3.93. The van der Waals surface area contributed by atoms with Gasteiger partial charge in [-0.25, -0.2) is 4.98 Å². The van der Waals surface area contributed by atoms with Crippen molar-refractivity contribution >= 4 is 28.6 Å². The van der Waals surface area contributed by atoms with Gasteiger partial charge in [0.25, 0.3) is 0 Å². The Bertz CT molecular complexity index is 1310. The minimum absolute atomic E-state index is 0.229. The zero-order valence-corrected chi connectivity index (χ0v) is 20.5. The van der Waals surface area contributed by atoms with Crippen LogP contribution in [0.3, 0.4) is 0 Å². The normalized spacial score (nSPS) is 11.9. The number of fused-ring (bicyclic) bond motifs is 1. The minimum Gasteiger partial charge on any atom is -0.465 e. The van der Waals surface area contributed by atoms with Crippen LogP contribution in [-0.4, -0.2) is 34.6 Å². The molecule has 0 bridgehead atoms. The maximum absolute atomic E-state index is 13.5. The Morgan fingerprint density at radius 2 is 1.66 bits per heavy atom. The molecule has 180 valence electrons. The largest absolute Gasteiger partial charge is 0.465 e. The van der Waals surface area contributed by atoms with E-state index in [1.54, 1.807) is 11.8 Å². The van der Waals surface area contributed by atoms with E-state index in [4.69, 9.17) is 4.74 Å². The second-order valence-corrected chi connectivity index (χ2v) is 8.48. The van der Waals surface area contributed by atoms with Gasteiger partial charge in [0.2, 0.25) is 5.91 Å². The molecule has 0 fully saturated rings. The second kappa shape index (κ2) is 11.0. The van der Waals surface area contributed by atoms with Crippen molar-refractivity contribution in [1.29, 1.82) is 0 Å². The molecule has 1 heterocycles. The molecule has 0 saturated carbocycles. The fraction of sp³-hybridized carbons (Fsp3) is 0.276. The summed E-state index contributed by atoms with van der Waals surface area (Å²) in [6.07, 6.45) is 0.276. The summed E-state index contributed by atoms with van der Waals surface area (Å²) in [4.78, 5) is 32.7. The predicted octanol–water partition coefficient (Wildman–Crippen LogP) is 5.17. The molecule has 3 aromatic carbocycles. The number of nitrogens with zero attached hydrogens (tertiary/aromatic N) is 3. The number of ether oxygens (including phenoxy) is 1. The molecule has 0 aliphatic carbocycles. The van der Waals surface area contributed by atoms with Gasteiger partial charge in [0.15, 0.2) is 0 Å². The maximum Gasteiger partial charge on any atom is 0.318 e. The number of amides is 1. The molecule has 1 unspecified atom stereocenters. The van der Waals surface area contributed by atoms with E-state index < -0.39 is 11.9 Å². The Balaban J connectivity index is 1.60. The summed E-state index contributed by atoms with van der Waals surface area (Å²) in [5.74, 6) is -0.716. The Morgan fingerprint density at radius 1 is 0.943 bits per heavy atom. The first-order chi connectivity index (χ1) is 17.0. The number of imidazole rings is 1. The lowest BCUT2D eigenvalue weighted by atomic mass is 9.96. The average Bonchev–Trinajstić information content (AvgIpc) is 3.18. The van der Waals surface area contributed by atoms with Crippen molar-refractivity contribution in [3.8, 4) is 0 Å². The van der Waals surface area contributed by atoms with E-state index in [0.717, 1.165) is 33.7 Å². The van der Waals surface area contributed by atoms with E-state index in [0.29, 0.717) is 13.1 Å². The molecule has 0 spiro atoms. The highest BCUT2D eigenvalue weighted by Gasteiger charge is 2.32. The fourth-order valence-electron chi connectivity index (χ4n) is 4.44. The van der Waals surface area contributed by atoms with E-state index in [-0.39, 0.29) is 18.9 Å². The smallest absolute Gasteiger partial charge is 0.318 e. The monoisotopic (exact) mass is 469 g/mol. The average molecular weight is 470 g/mol. The summed E-state index contributed by atoms with van der Waals surface area (Å²) in [5.41, 5.74) is 4.82. The number of benzene rings is 3. The summed E-state index contributed by atoms with van der Waals surface area (Å²) in [7, 11) is 0. The van der Waals surface area contributed by atoms with Gasteiger partial charge >= 0.3 is 5.97 Å². The third kappa shape index (κ3) is 5.43. The number of hydrogen-bond donors (Lipinski definition) is 0. The van der Waals surface area contributed by atoms with Crippen LogP contribution in [0.1, 0.15) is 30.8 Å². The van der Waals surface area contributed by atoms with E-state index >= 15 is 0 Å². The SMILES string of the molecule is CCOC(=O)C(Cc1cccc(Cn2c(C)nc3ccccc32)c1)C(=O)N(CC)c1ccccc1. The topological polar surface area (TPSA) is 64.4 Å². The van der Waals surface area contributed by atoms with E-state index in [2.05, 4.69) is 27.8 Å². The number of carbonyl (C=O) groups is 2. The lowest BCUT2D eigenvalue weighted by Gasteiger charge is -2.25. The molecule has 0 N–H and O–H groups in total. The van der Waals surface area contributed by atoms with Crippen LogP contribution in [-0.2, 0) is 27.3 Å². The summed E-state index contributed by atoms with van der Waals surface area (Å²) in [6.45, 7) is 7.02. The van der Waals surface area contributed by atoms with Gasteiger partial charge in [0, 0.05) is 18.8 Å². The fourth-order valence-corrected chi connectivity index (χ4v) is 4.44. The maximum atomic E-state index is 13.5. The molecule has 0 radical (unpaired) electrons. The highest BCUT2D eigenvalue weighted by Crippen LogP contribution is 2.22. The Kier molecular flexibility index (Phi) is 7.60. The predicted molar refractivity (Wildman–Crippen MR) is 138 cm³/mol. The molecule has 0 aliphatic heterocycles. The molecule has 1 atom stereocenters. The molecule has 35 heavy (non-hydrogen) atoms. The Labute approximate surface area is 206 Å². The number of carbonyl (C=O) groups excluding carboxylic acids is 2. The van der Waals surface area contributed by atoms with Gasteiger partial charge in [-0.2, -0.15) is 0 Å². The summed E-state index contributed by atoms with van der Waals surface area (Å²) in [5, 5.41) is 0. The number of aryl methyl sites for hydroxylation is 1. The standard InChI is InChI=1S/C29H31N3O3/c1-4-31(24-14-7-6-8-15-24)28(33)25(29(34)35-5-2)19-22-12-11-13-23(18-22)20-32-21(3)30-26-16-9-10-17-27(26)32/h6-18,25H,4-5,19-20H2,1-3H3. The molecule has 6 nitrogen and oxygen atoms in total. The van der Waals surface area contributed by atoms with E-state index in [1.165, 1.54) is 0 Å². The van der Waals surface area contributed by atoms with Gasteiger partial charge < -0.3 is 14.2 Å². The summed E-state index contributed by atoms with van der Waals surface area (Å²) < 4.78 is 7.49. The minimum atomic E-state index is -0.916. The molecule has 6 heteroatoms. The molecule has 4 rings (SSSR count). The number of hydrogen-bond acceptors (Lipinski definition) is 4. The lowest BCUT2D eigenvalue weighted by Crippen LogP contribution is -2.41. The van der Waals surface area contributed by atoms with E-state index in [1.807, 2.05) is 74.5 Å². The van der Waals surface area contributed by atoms with Crippen molar-refractivity contribution in [3.63, 3.8) is 0 Å². The van der Waals surface area contributed by atoms with Crippen molar-refractivity contribution in [2.45, 2.75) is 33.7 Å². The summed E-state index contributed by atoms with van der Waals surface area (Å²) >= 11 is 0. The van der Waals surface area contributed by atoms with Crippen molar-refractivity contribution < 1.29 is 14.3 Å². The first-order valence-corrected chi connectivity index (χ1v) is 12.0.